The Labute approximate surface area is 65.7 Å². The Bertz CT molecular complexity index is 137. The summed E-state index contributed by atoms with van der Waals surface area (Å²) in [7, 11) is 4.27. The van der Waals surface area contributed by atoms with Crippen molar-refractivity contribution in [3.05, 3.63) is 12.2 Å². The summed E-state index contributed by atoms with van der Waals surface area (Å²) in [4.78, 5) is 10.5. The van der Waals surface area contributed by atoms with E-state index in [1.54, 1.807) is 0 Å². The fourth-order valence-electron chi connectivity index (χ4n) is 0.479. The van der Waals surface area contributed by atoms with Gasteiger partial charge in [-0.05, 0) is 6.08 Å². The Balaban J connectivity index is 3.78. The van der Waals surface area contributed by atoms with E-state index >= 15 is 0 Å². The first-order valence-corrected chi connectivity index (χ1v) is 3.06. The highest BCUT2D eigenvalue weighted by molar-refractivity contribution is 5.81. The maximum Gasteiger partial charge on any atom is 0.330 e. The first kappa shape index (κ1) is 10.1. The lowest BCUT2D eigenvalue weighted by Crippen LogP contribution is -2.09. The third-order valence-corrected chi connectivity index (χ3v) is 1.06. The van der Waals surface area contributed by atoms with Gasteiger partial charge >= 0.3 is 5.97 Å². The van der Waals surface area contributed by atoms with Crippen LogP contribution in [0, 0.1) is 0 Å². The number of methoxy groups -OCH3 is 3. The van der Waals surface area contributed by atoms with Gasteiger partial charge in [0.05, 0.1) is 7.11 Å². The molecule has 0 spiro atoms. The zero-order chi connectivity index (χ0) is 8.69. The second kappa shape index (κ2) is 5.88. The maximum atomic E-state index is 10.5. The molecule has 0 heterocycles. The number of esters is 1. The zero-order valence-corrected chi connectivity index (χ0v) is 6.87. The minimum atomic E-state index is -0.492. The van der Waals surface area contributed by atoms with Crippen LogP contribution in [0.4, 0.5) is 0 Å². The molecule has 0 aromatic rings. The summed E-state index contributed by atoms with van der Waals surface area (Å²) in [6, 6.07) is 0. The molecule has 0 aromatic heterocycles. The molecule has 0 aliphatic heterocycles. The van der Waals surface area contributed by atoms with Crippen molar-refractivity contribution in [3.8, 4) is 0 Å². The van der Waals surface area contributed by atoms with E-state index in [0.29, 0.717) is 0 Å². The largest absolute Gasteiger partial charge is 0.466 e. The van der Waals surface area contributed by atoms with Gasteiger partial charge < -0.3 is 14.2 Å². The van der Waals surface area contributed by atoms with Gasteiger partial charge in [0.1, 0.15) is 0 Å². The highest BCUT2D eigenvalue weighted by Gasteiger charge is 1.99. The van der Waals surface area contributed by atoms with E-state index in [4.69, 9.17) is 9.47 Å². The normalized spacial score (nSPS) is 10.9. The van der Waals surface area contributed by atoms with Crippen LogP contribution in [-0.2, 0) is 19.0 Å². The van der Waals surface area contributed by atoms with Crippen molar-refractivity contribution >= 4 is 5.97 Å². The fourth-order valence-corrected chi connectivity index (χ4v) is 0.479. The van der Waals surface area contributed by atoms with Gasteiger partial charge in [0.2, 0.25) is 0 Å². The van der Waals surface area contributed by atoms with Crippen LogP contribution in [0.3, 0.4) is 0 Å². The van der Waals surface area contributed by atoms with Gasteiger partial charge in [0, 0.05) is 20.3 Å². The summed E-state index contributed by atoms with van der Waals surface area (Å²) >= 11 is 0. The van der Waals surface area contributed by atoms with Crippen molar-refractivity contribution in [1.29, 1.82) is 0 Å². The minimum Gasteiger partial charge on any atom is -0.466 e. The monoisotopic (exact) mass is 160 g/mol. The predicted octanol–water partition coefficient (Wildman–Crippen LogP) is 0.334. The van der Waals surface area contributed by atoms with Crippen LogP contribution in [0.5, 0.6) is 0 Å². The minimum absolute atomic E-state index is 0.427. The number of hydrogen-bond acceptors (Lipinski definition) is 4. The summed E-state index contributed by atoms with van der Waals surface area (Å²) in [5, 5.41) is 0. The van der Waals surface area contributed by atoms with E-state index in [0.717, 1.165) is 0 Å². The molecule has 0 amide bonds. The van der Waals surface area contributed by atoms with Crippen molar-refractivity contribution in [1.82, 2.24) is 0 Å². The number of rotatable bonds is 4. The average Bonchev–Trinajstić information content (AvgIpc) is 2.06. The van der Waals surface area contributed by atoms with Gasteiger partial charge in [-0.1, -0.05) is 0 Å². The Kier molecular flexibility index (Phi) is 5.42. The summed E-state index contributed by atoms with van der Waals surface area (Å²) < 4.78 is 13.9. The predicted molar refractivity (Wildman–Crippen MR) is 39.0 cm³/mol. The number of carbonyl (C=O) groups is 1. The number of ether oxygens (including phenoxy) is 3. The molecule has 11 heavy (non-hydrogen) atoms. The lowest BCUT2D eigenvalue weighted by Gasteiger charge is -2.06. The lowest BCUT2D eigenvalue weighted by molar-refractivity contribution is -0.135. The smallest absolute Gasteiger partial charge is 0.330 e. The van der Waals surface area contributed by atoms with E-state index in [2.05, 4.69) is 4.74 Å². The van der Waals surface area contributed by atoms with Gasteiger partial charge in [-0.15, -0.1) is 0 Å². The van der Waals surface area contributed by atoms with Crippen LogP contribution in [0.2, 0.25) is 0 Å². The molecule has 0 radical (unpaired) electrons. The quantitative estimate of drug-likeness (QED) is 0.338. The highest BCUT2D eigenvalue weighted by Crippen LogP contribution is 1.92. The van der Waals surface area contributed by atoms with Crippen LogP contribution in [0.25, 0.3) is 0 Å². The molecule has 4 heteroatoms. The topological polar surface area (TPSA) is 44.8 Å². The molecule has 0 bridgehead atoms. The zero-order valence-electron chi connectivity index (χ0n) is 6.87. The molecule has 0 aliphatic carbocycles. The molecule has 0 fully saturated rings. The Morgan fingerprint density at radius 3 is 2.18 bits per heavy atom. The van der Waals surface area contributed by atoms with E-state index in [1.807, 2.05) is 0 Å². The molecule has 0 saturated carbocycles. The van der Waals surface area contributed by atoms with E-state index < -0.39 is 12.3 Å². The molecule has 0 aliphatic rings. The van der Waals surface area contributed by atoms with E-state index in [9.17, 15) is 4.79 Å². The second-order valence-electron chi connectivity index (χ2n) is 1.72. The number of carbonyl (C=O) groups excluding carboxylic acids is 1. The molecule has 0 saturated heterocycles. The molecule has 64 valence electrons. The average molecular weight is 160 g/mol. The molecular weight excluding hydrogens is 148 g/mol. The summed E-state index contributed by atoms with van der Waals surface area (Å²) in [5.74, 6) is -0.427. The third-order valence-electron chi connectivity index (χ3n) is 1.06. The van der Waals surface area contributed by atoms with E-state index in [1.165, 1.54) is 33.5 Å². The SMILES string of the molecule is COC(=O)C=CC(OC)OC. The first-order valence-electron chi connectivity index (χ1n) is 3.06. The Morgan fingerprint density at radius 1 is 1.27 bits per heavy atom. The van der Waals surface area contributed by atoms with Crippen LogP contribution >= 0.6 is 0 Å². The van der Waals surface area contributed by atoms with Gasteiger partial charge in [-0.25, -0.2) is 4.79 Å². The first-order chi connectivity index (χ1) is 5.24. The Hall–Kier alpha value is -0.870. The fraction of sp³-hybridized carbons (Fsp3) is 0.571. The molecule has 0 atom stereocenters. The van der Waals surface area contributed by atoms with E-state index in [-0.39, 0.29) is 0 Å². The van der Waals surface area contributed by atoms with Crippen LogP contribution in [0.15, 0.2) is 12.2 Å². The van der Waals surface area contributed by atoms with Crippen LogP contribution in [0.1, 0.15) is 0 Å². The van der Waals surface area contributed by atoms with Crippen molar-refractivity contribution in [2.24, 2.45) is 0 Å². The summed E-state index contributed by atoms with van der Waals surface area (Å²) in [5.41, 5.74) is 0. The summed E-state index contributed by atoms with van der Waals surface area (Å²) in [6.07, 6.45) is 2.22. The maximum absolute atomic E-state index is 10.5. The van der Waals surface area contributed by atoms with Crippen molar-refractivity contribution in [2.45, 2.75) is 6.29 Å². The van der Waals surface area contributed by atoms with Crippen molar-refractivity contribution in [3.63, 3.8) is 0 Å². The number of hydrogen-bond donors (Lipinski definition) is 0. The molecule has 0 rings (SSSR count). The van der Waals surface area contributed by atoms with Gasteiger partial charge in [0.25, 0.3) is 0 Å². The van der Waals surface area contributed by atoms with Crippen LogP contribution < -0.4 is 0 Å². The van der Waals surface area contributed by atoms with Gasteiger partial charge in [-0.2, -0.15) is 0 Å². The van der Waals surface area contributed by atoms with Gasteiger partial charge in [0.15, 0.2) is 6.29 Å². The molecule has 0 unspecified atom stereocenters. The van der Waals surface area contributed by atoms with Crippen molar-refractivity contribution < 1.29 is 19.0 Å². The highest BCUT2D eigenvalue weighted by atomic mass is 16.7. The van der Waals surface area contributed by atoms with Gasteiger partial charge in [-0.3, -0.25) is 0 Å². The molecule has 0 N–H and O–H groups in total. The lowest BCUT2D eigenvalue weighted by atomic mass is 10.5. The third kappa shape index (κ3) is 4.52. The Morgan fingerprint density at radius 2 is 1.82 bits per heavy atom. The standard InChI is InChI=1S/C7H12O4/c1-9-6(8)4-5-7(10-2)11-3/h4-5,7H,1-3H3. The second-order valence-corrected chi connectivity index (χ2v) is 1.72. The molecule has 4 nitrogen and oxygen atoms in total. The summed E-state index contributed by atoms with van der Waals surface area (Å²) in [6.45, 7) is 0. The van der Waals surface area contributed by atoms with Crippen molar-refractivity contribution in [2.75, 3.05) is 21.3 Å². The molecule has 0 aromatic carbocycles. The molecular formula is C7H12O4. The van der Waals surface area contributed by atoms with Crippen LogP contribution in [-0.4, -0.2) is 33.6 Å².